The molecule has 4 aromatic carbocycles. The molecule has 0 radical (unpaired) electrons. The minimum absolute atomic E-state index is 0.736. The molecule has 0 saturated heterocycles. The third-order valence-corrected chi connectivity index (χ3v) is 4.62. The van der Waals surface area contributed by atoms with Gasteiger partial charge >= 0.3 is 0 Å². The van der Waals surface area contributed by atoms with Crippen LogP contribution in [0.1, 0.15) is 0 Å². The van der Waals surface area contributed by atoms with Gasteiger partial charge in [0.05, 0.1) is 0 Å². The van der Waals surface area contributed by atoms with Crippen molar-refractivity contribution in [2.24, 2.45) is 0 Å². The van der Waals surface area contributed by atoms with Crippen molar-refractivity contribution >= 4 is 21.8 Å². The van der Waals surface area contributed by atoms with Crippen LogP contribution < -0.4 is 4.74 Å². The van der Waals surface area contributed by atoms with Gasteiger partial charge in [0.1, 0.15) is 16.8 Å². The van der Waals surface area contributed by atoms with Crippen molar-refractivity contribution < 1.29 is 4.74 Å². The number of aromatic nitrogens is 2. The van der Waals surface area contributed by atoms with Crippen LogP contribution in [0.15, 0.2) is 97.3 Å². The maximum absolute atomic E-state index is 6.29. The molecule has 0 N–H and O–H groups in total. The third kappa shape index (κ3) is 2.70. The monoisotopic (exact) mass is 348 g/mol. The number of rotatable bonds is 3. The third-order valence-electron chi connectivity index (χ3n) is 4.62. The summed E-state index contributed by atoms with van der Waals surface area (Å²) in [7, 11) is 0. The summed E-state index contributed by atoms with van der Waals surface area (Å²) < 4.78 is 6.29. The van der Waals surface area contributed by atoms with Gasteiger partial charge in [0.2, 0.25) is 0 Å². The predicted molar refractivity (Wildman–Crippen MR) is 109 cm³/mol. The number of nitrogens with zero attached hydrogens (tertiary/aromatic N) is 2. The Labute approximate surface area is 156 Å². The Kier molecular flexibility index (Phi) is 3.76. The standard InChI is InChI=1S/C24H16N2O/c1-3-9-17(10-4-1)21-19-13-7-8-14-20(19)24(23-22(21)25-15-16-26-23)27-18-11-5-2-6-12-18/h1-16H. The summed E-state index contributed by atoms with van der Waals surface area (Å²) in [4.78, 5) is 9.29. The van der Waals surface area contributed by atoms with Gasteiger partial charge in [-0.3, -0.25) is 4.98 Å². The highest BCUT2D eigenvalue weighted by Gasteiger charge is 2.18. The van der Waals surface area contributed by atoms with E-state index in [0.717, 1.165) is 44.4 Å². The topological polar surface area (TPSA) is 35.0 Å². The molecule has 0 fully saturated rings. The molecule has 0 atom stereocenters. The fourth-order valence-corrected chi connectivity index (χ4v) is 3.45. The Morgan fingerprint density at radius 1 is 0.556 bits per heavy atom. The lowest BCUT2D eigenvalue weighted by molar-refractivity contribution is 0.492. The molecule has 3 nitrogen and oxygen atoms in total. The lowest BCUT2D eigenvalue weighted by Gasteiger charge is -2.16. The van der Waals surface area contributed by atoms with Gasteiger partial charge in [-0.2, -0.15) is 0 Å². The van der Waals surface area contributed by atoms with Gasteiger partial charge in [-0.15, -0.1) is 0 Å². The van der Waals surface area contributed by atoms with Gasteiger partial charge in [-0.05, 0) is 23.1 Å². The normalized spacial score (nSPS) is 11.0. The second-order valence-corrected chi connectivity index (χ2v) is 6.28. The fourth-order valence-electron chi connectivity index (χ4n) is 3.45. The maximum Gasteiger partial charge on any atom is 0.163 e. The maximum atomic E-state index is 6.29. The van der Waals surface area contributed by atoms with E-state index in [-0.39, 0.29) is 0 Å². The molecule has 27 heavy (non-hydrogen) atoms. The Morgan fingerprint density at radius 3 is 1.89 bits per heavy atom. The van der Waals surface area contributed by atoms with Crippen molar-refractivity contribution in [3.05, 3.63) is 97.3 Å². The first kappa shape index (κ1) is 15.5. The molecular formula is C24H16N2O. The van der Waals surface area contributed by atoms with Gasteiger partial charge in [0.15, 0.2) is 5.75 Å². The van der Waals surface area contributed by atoms with E-state index in [1.165, 1.54) is 0 Å². The van der Waals surface area contributed by atoms with Crippen LogP contribution in [0.2, 0.25) is 0 Å². The fraction of sp³-hybridized carbons (Fsp3) is 0. The van der Waals surface area contributed by atoms with E-state index in [1.807, 2.05) is 60.7 Å². The average Bonchev–Trinajstić information content (AvgIpc) is 2.75. The number of fused-ring (bicyclic) bond motifs is 2. The molecule has 1 aromatic heterocycles. The summed E-state index contributed by atoms with van der Waals surface area (Å²) in [5.74, 6) is 1.52. The zero-order chi connectivity index (χ0) is 18.1. The Hall–Kier alpha value is -3.72. The average molecular weight is 348 g/mol. The molecule has 1 heterocycles. The van der Waals surface area contributed by atoms with Crippen LogP contribution >= 0.6 is 0 Å². The molecule has 0 bridgehead atoms. The van der Waals surface area contributed by atoms with Crippen molar-refractivity contribution in [3.63, 3.8) is 0 Å². The molecular weight excluding hydrogens is 332 g/mol. The van der Waals surface area contributed by atoms with E-state index in [9.17, 15) is 0 Å². The Balaban J connectivity index is 1.89. The Morgan fingerprint density at radius 2 is 1.15 bits per heavy atom. The Bertz CT molecular complexity index is 1180. The second kappa shape index (κ2) is 6.54. The zero-order valence-corrected chi connectivity index (χ0v) is 14.5. The van der Waals surface area contributed by atoms with Gasteiger partial charge in [0.25, 0.3) is 0 Å². The number of ether oxygens (including phenoxy) is 1. The van der Waals surface area contributed by atoms with Crippen LogP contribution in [-0.2, 0) is 0 Å². The summed E-state index contributed by atoms with van der Waals surface area (Å²) in [5.41, 5.74) is 3.80. The molecule has 128 valence electrons. The molecule has 5 rings (SSSR count). The SMILES string of the molecule is c1ccc(Oc2c3ccccc3c(-c3ccccc3)c3nccnc23)cc1. The summed E-state index contributed by atoms with van der Waals surface area (Å²) >= 11 is 0. The zero-order valence-electron chi connectivity index (χ0n) is 14.5. The first-order chi connectivity index (χ1) is 13.4. The molecule has 0 aliphatic carbocycles. The molecule has 5 aromatic rings. The minimum atomic E-state index is 0.736. The second-order valence-electron chi connectivity index (χ2n) is 6.28. The molecule has 3 heteroatoms. The molecule has 0 unspecified atom stereocenters. The van der Waals surface area contributed by atoms with Crippen molar-refractivity contribution in [2.45, 2.75) is 0 Å². The largest absolute Gasteiger partial charge is 0.454 e. The highest BCUT2D eigenvalue weighted by Crippen LogP contribution is 2.42. The number of hydrogen-bond donors (Lipinski definition) is 0. The van der Waals surface area contributed by atoms with Crippen LogP contribution in [0.4, 0.5) is 0 Å². The molecule has 0 amide bonds. The van der Waals surface area contributed by atoms with Gasteiger partial charge in [0, 0.05) is 23.3 Å². The van der Waals surface area contributed by atoms with Gasteiger partial charge < -0.3 is 4.74 Å². The highest BCUT2D eigenvalue weighted by atomic mass is 16.5. The first-order valence-electron chi connectivity index (χ1n) is 8.85. The lowest BCUT2D eigenvalue weighted by Crippen LogP contribution is -1.95. The van der Waals surface area contributed by atoms with Crippen LogP contribution in [0, 0.1) is 0 Å². The van der Waals surface area contributed by atoms with E-state index < -0.39 is 0 Å². The molecule has 0 spiro atoms. The highest BCUT2D eigenvalue weighted by molar-refractivity contribution is 6.14. The van der Waals surface area contributed by atoms with Gasteiger partial charge in [-0.1, -0.05) is 72.8 Å². The van der Waals surface area contributed by atoms with E-state index in [4.69, 9.17) is 4.74 Å². The smallest absolute Gasteiger partial charge is 0.163 e. The summed E-state index contributed by atoms with van der Waals surface area (Å²) in [6.45, 7) is 0. The predicted octanol–water partition coefficient (Wildman–Crippen LogP) is 6.24. The molecule has 0 aliphatic rings. The number of para-hydroxylation sites is 1. The van der Waals surface area contributed by atoms with E-state index in [2.05, 4.69) is 34.2 Å². The summed E-state index contributed by atoms with van der Waals surface area (Å²) in [5, 5.41) is 2.12. The quantitative estimate of drug-likeness (QED) is 0.362. The molecule has 0 aliphatic heterocycles. The summed E-state index contributed by atoms with van der Waals surface area (Å²) in [6.07, 6.45) is 3.44. The van der Waals surface area contributed by atoms with Crippen LogP contribution in [0.3, 0.4) is 0 Å². The van der Waals surface area contributed by atoms with E-state index in [1.54, 1.807) is 12.4 Å². The number of hydrogen-bond acceptors (Lipinski definition) is 3. The van der Waals surface area contributed by atoms with Crippen molar-refractivity contribution in [1.82, 2.24) is 9.97 Å². The van der Waals surface area contributed by atoms with Crippen LogP contribution in [0.25, 0.3) is 32.9 Å². The van der Waals surface area contributed by atoms with Crippen molar-refractivity contribution in [1.29, 1.82) is 0 Å². The minimum Gasteiger partial charge on any atom is -0.454 e. The lowest BCUT2D eigenvalue weighted by atomic mass is 9.95. The van der Waals surface area contributed by atoms with E-state index in [0.29, 0.717) is 0 Å². The van der Waals surface area contributed by atoms with E-state index >= 15 is 0 Å². The number of benzene rings is 4. The molecule has 0 saturated carbocycles. The van der Waals surface area contributed by atoms with Crippen molar-refractivity contribution in [3.8, 4) is 22.6 Å². The summed E-state index contributed by atoms with van der Waals surface area (Å²) in [6, 6.07) is 28.4. The van der Waals surface area contributed by atoms with Crippen molar-refractivity contribution in [2.75, 3.05) is 0 Å². The van der Waals surface area contributed by atoms with Crippen LogP contribution in [-0.4, -0.2) is 9.97 Å². The first-order valence-corrected chi connectivity index (χ1v) is 8.85. The van der Waals surface area contributed by atoms with Crippen LogP contribution in [0.5, 0.6) is 11.5 Å². The van der Waals surface area contributed by atoms with Gasteiger partial charge in [-0.25, -0.2) is 4.98 Å².